The molecule has 0 unspecified atom stereocenters. The van der Waals surface area contributed by atoms with Gasteiger partial charge in [-0.2, -0.15) is 0 Å². The molecular formula is C12H14N2O2. The highest BCUT2D eigenvalue weighted by Gasteiger charge is 2.08. The monoisotopic (exact) mass is 218 g/mol. The zero-order valence-electron chi connectivity index (χ0n) is 9.43. The highest BCUT2D eigenvalue weighted by molar-refractivity contribution is 6.45. The summed E-state index contributed by atoms with van der Waals surface area (Å²) >= 11 is 0. The Labute approximate surface area is 94.5 Å². The molecular weight excluding hydrogens is 204 g/mol. The number of aliphatic imine (C=N–C) groups is 2. The molecule has 0 aromatic heterocycles. The van der Waals surface area contributed by atoms with E-state index in [2.05, 4.69) is 9.98 Å². The minimum absolute atomic E-state index is 0.0625. The molecule has 0 saturated carbocycles. The highest BCUT2D eigenvalue weighted by atomic mass is 16.1. The average molecular weight is 218 g/mol. The maximum absolute atomic E-state index is 10.6. The van der Waals surface area contributed by atoms with Crippen LogP contribution < -0.4 is 0 Å². The fraction of sp³-hybridized carbons (Fsp3) is 0.333. The number of hydrogen-bond donors (Lipinski definition) is 0. The molecule has 0 radical (unpaired) electrons. The molecule has 0 fully saturated rings. The molecule has 4 nitrogen and oxygen atoms in total. The van der Waals surface area contributed by atoms with Gasteiger partial charge in [0, 0.05) is 24.6 Å². The van der Waals surface area contributed by atoms with Crippen molar-refractivity contribution in [2.24, 2.45) is 9.98 Å². The summed E-state index contributed by atoms with van der Waals surface area (Å²) in [6, 6.07) is 0. The van der Waals surface area contributed by atoms with E-state index >= 15 is 0 Å². The van der Waals surface area contributed by atoms with Gasteiger partial charge >= 0.3 is 0 Å². The zero-order valence-corrected chi connectivity index (χ0v) is 9.43. The zero-order chi connectivity index (χ0) is 12.0. The Morgan fingerprint density at radius 1 is 0.875 bits per heavy atom. The van der Waals surface area contributed by atoms with Gasteiger partial charge in [0.1, 0.15) is 0 Å². The Bertz CT molecular complexity index is 375. The largest absolute Gasteiger partial charge is 0.288 e. The number of allylic oxidation sites excluding steroid dienone is 2. The second-order valence-electron chi connectivity index (χ2n) is 3.22. The second kappa shape index (κ2) is 5.90. The summed E-state index contributed by atoms with van der Waals surface area (Å²) in [6.07, 6.45) is 7.54. The number of hydrogen-bond acceptors (Lipinski definition) is 4. The summed E-state index contributed by atoms with van der Waals surface area (Å²) in [5.74, 6) is 0.125. The van der Waals surface area contributed by atoms with Gasteiger partial charge in [-0.15, -0.1) is 0 Å². The van der Waals surface area contributed by atoms with Gasteiger partial charge in [-0.05, 0) is 12.8 Å². The molecule has 0 saturated heterocycles. The van der Waals surface area contributed by atoms with Crippen molar-refractivity contribution in [2.45, 2.75) is 26.7 Å². The van der Waals surface area contributed by atoms with E-state index in [0.29, 0.717) is 11.4 Å². The van der Waals surface area contributed by atoms with Gasteiger partial charge in [0.05, 0.1) is 11.4 Å². The SMILES string of the molecule is CCC1=NC=CC1=O.CCC1=NC=CC1=O. The number of nitrogens with zero attached hydrogens (tertiary/aromatic N) is 2. The Hall–Kier alpha value is -1.84. The van der Waals surface area contributed by atoms with Crippen LogP contribution in [0.15, 0.2) is 34.5 Å². The van der Waals surface area contributed by atoms with Crippen LogP contribution in [0.3, 0.4) is 0 Å². The molecule has 0 aromatic rings. The van der Waals surface area contributed by atoms with Crippen LogP contribution in [0.5, 0.6) is 0 Å². The number of carbonyl (C=O) groups excluding carboxylic acids is 2. The predicted molar refractivity (Wildman–Crippen MR) is 63.7 cm³/mol. The summed E-state index contributed by atoms with van der Waals surface area (Å²) < 4.78 is 0. The third-order valence-electron chi connectivity index (χ3n) is 2.15. The van der Waals surface area contributed by atoms with Gasteiger partial charge < -0.3 is 0 Å². The standard InChI is InChI=1S/2C6H7NO/c2*1-2-5-6(8)3-4-7-5/h2*3-4H,2H2,1H3. The molecule has 0 N–H and O–H groups in total. The lowest BCUT2D eigenvalue weighted by Gasteiger charge is -1.85. The molecule has 0 aromatic carbocycles. The summed E-state index contributed by atoms with van der Waals surface area (Å²) in [5.41, 5.74) is 1.34. The summed E-state index contributed by atoms with van der Waals surface area (Å²) in [5, 5.41) is 0. The Morgan fingerprint density at radius 2 is 1.25 bits per heavy atom. The van der Waals surface area contributed by atoms with Gasteiger partial charge in [-0.1, -0.05) is 13.8 Å². The van der Waals surface area contributed by atoms with Crippen molar-refractivity contribution in [3.8, 4) is 0 Å². The van der Waals surface area contributed by atoms with Crippen LogP contribution in [0, 0.1) is 0 Å². The Kier molecular flexibility index (Phi) is 4.51. The summed E-state index contributed by atoms with van der Waals surface area (Å²) in [6.45, 7) is 3.84. The van der Waals surface area contributed by atoms with Crippen molar-refractivity contribution in [3.05, 3.63) is 24.6 Å². The van der Waals surface area contributed by atoms with E-state index in [1.165, 1.54) is 12.2 Å². The van der Waals surface area contributed by atoms with Crippen molar-refractivity contribution in [1.82, 2.24) is 0 Å². The van der Waals surface area contributed by atoms with Crippen LogP contribution >= 0.6 is 0 Å². The first kappa shape index (κ1) is 12.2. The molecule has 84 valence electrons. The molecule has 0 aliphatic carbocycles. The third kappa shape index (κ3) is 3.08. The lowest BCUT2D eigenvalue weighted by Crippen LogP contribution is -2.04. The molecule has 2 heterocycles. The first-order valence-electron chi connectivity index (χ1n) is 5.24. The predicted octanol–water partition coefficient (Wildman–Crippen LogP) is 1.87. The van der Waals surface area contributed by atoms with Gasteiger partial charge in [-0.25, -0.2) is 0 Å². The van der Waals surface area contributed by atoms with E-state index in [1.54, 1.807) is 12.4 Å². The molecule has 4 heteroatoms. The number of ketones is 2. The van der Waals surface area contributed by atoms with Gasteiger partial charge in [-0.3, -0.25) is 19.6 Å². The van der Waals surface area contributed by atoms with Crippen LogP contribution in [-0.2, 0) is 9.59 Å². The topological polar surface area (TPSA) is 58.9 Å². The molecule has 0 spiro atoms. The van der Waals surface area contributed by atoms with Gasteiger partial charge in [0.2, 0.25) is 11.6 Å². The minimum atomic E-state index is 0.0625. The van der Waals surface area contributed by atoms with Crippen LogP contribution in [-0.4, -0.2) is 23.0 Å². The average Bonchev–Trinajstić information content (AvgIpc) is 2.87. The van der Waals surface area contributed by atoms with Crippen LogP contribution in [0.25, 0.3) is 0 Å². The lowest BCUT2D eigenvalue weighted by atomic mass is 10.2. The normalized spacial score (nSPS) is 17.1. The Morgan fingerprint density at radius 3 is 1.38 bits per heavy atom. The summed E-state index contributed by atoms with van der Waals surface area (Å²) in [4.78, 5) is 28.8. The van der Waals surface area contributed by atoms with E-state index in [-0.39, 0.29) is 11.6 Å². The fourth-order valence-electron chi connectivity index (χ4n) is 1.24. The molecule has 0 amide bonds. The van der Waals surface area contributed by atoms with E-state index in [1.807, 2.05) is 13.8 Å². The molecule has 0 bridgehead atoms. The van der Waals surface area contributed by atoms with Gasteiger partial charge in [0.15, 0.2) is 0 Å². The van der Waals surface area contributed by atoms with E-state index in [9.17, 15) is 9.59 Å². The second-order valence-corrected chi connectivity index (χ2v) is 3.22. The van der Waals surface area contributed by atoms with Crippen LogP contribution in [0.1, 0.15) is 26.7 Å². The molecule has 2 aliphatic rings. The van der Waals surface area contributed by atoms with E-state index in [4.69, 9.17) is 0 Å². The lowest BCUT2D eigenvalue weighted by molar-refractivity contribution is -0.109. The molecule has 2 aliphatic heterocycles. The van der Waals surface area contributed by atoms with E-state index < -0.39 is 0 Å². The van der Waals surface area contributed by atoms with Crippen LogP contribution in [0.2, 0.25) is 0 Å². The quantitative estimate of drug-likeness (QED) is 0.710. The van der Waals surface area contributed by atoms with Crippen molar-refractivity contribution in [3.63, 3.8) is 0 Å². The minimum Gasteiger partial charge on any atom is -0.288 e. The highest BCUT2D eigenvalue weighted by Crippen LogP contribution is 1.98. The van der Waals surface area contributed by atoms with Crippen molar-refractivity contribution in [1.29, 1.82) is 0 Å². The van der Waals surface area contributed by atoms with Crippen molar-refractivity contribution in [2.75, 3.05) is 0 Å². The fourth-order valence-corrected chi connectivity index (χ4v) is 1.24. The van der Waals surface area contributed by atoms with Gasteiger partial charge in [0.25, 0.3) is 0 Å². The maximum atomic E-state index is 10.6. The first-order valence-corrected chi connectivity index (χ1v) is 5.24. The molecule has 16 heavy (non-hydrogen) atoms. The number of rotatable bonds is 2. The van der Waals surface area contributed by atoms with Crippen molar-refractivity contribution >= 4 is 23.0 Å². The maximum Gasteiger partial charge on any atom is 0.201 e. The third-order valence-corrected chi connectivity index (χ3v) is 2.15. The van der Waals surface area contributed by atoms with Crippen molar-refractivity contribution < 1.29 is 9.59 Å². The number of carbonyl (C=O) groups is 2. The molecule has 2 rings (SSSR count). The molecule has 0 atom stereocenters. The first-order chi connectivity index (χ1) is 7.69. The smallest absolute Gasteiger partial charge is 0.201 e. The van der Waals surface area contributed by atoms with E-state index in [0.717, 1.165) is 12.8 Å². The summed E-state index contributed by atoms with van der Waals surface area (Å²) in [7, 11) is 0. The Balaban J connectivity index is 0.000000160. The van der Waals surface area contributed by atoms with Crippen LogP contribution in [0.4, 0.5) is 0 Å².